The summed E-state index contributed by atoms with van der Waals surface area (Å²) in [7, 11) is 2.08. The number of ether oxygens (including phenoxy) is 1. The van der Waals surface area contributed by atoms with Gasteiger partial charge in [-0.2, -0.15) is 0 Å². The summed E-state index contributed by atoms with van der Waals surface area (Å²) >= 11 is 0. The van der Waals surface area contributed by atoms with Gasteiger partial charge in [0.05, 0.1) is 5.60 Å². The molecule has 0 spiro atoms. The van der Waals surface area contributed by atoms with Gasteiger partial charge >= 0.3 is 0 Å². The van der Waals surface area contributed by atoms with Crippen molar-refractivity contribution in [2.75, 3.05) is 31.6 Å². The number of para-hydroxylation sites is 1. The summed E-state index contributed by atoms with van der Waals surface area (Å²) in [5.41, 5.74) is 1.90. The second kappa shape index (κ2) is 9.99. The zero-order valence-corrected chi connectivity index (χ0v) is 18.3. The first-order valence-electron chi connectivity index (χ1n) is 11.1. The van der Waals surface area contributed by atoms with Gasteiger partial charge in [-0.3, -0.25) is 4.90 Å². The number of rotatable bonds is 8. The van der Waals surface area contributed by atoms with E-state index < -0.39 is 5.60 Å². The Morgan fingerprint density at radius 1 is 0.839 bits per heavy atom. The summed E-state index contributed by atoms with van der Waals surface area (Å²) in [6.07, 6.45) is 2.44. The monoisotopic (exact) mass is 416 g/mol. The molecule has 0 bridgehead atoms. The molecule has 4 rings (SSSR count). The highest BCUT2D eigenvalue weighted by atomic mass is 16.5. The molecular formula is C27H32N2O2. The van der Waals surface area contributed by atoms with Crippen LogP contribution in [0.4, 0.5) is 5.69 Å². The lowest BCUT2D eigenvalue weighted by atomic mass is 9.88. The maximum atomic E-state index is 11.1. The summed E-state index contributed by atoms with van der Waals surface area (Å²) in [6, 6.07) is 28.5. The standard InChI is InChI=1S/C27H32N2O2/c1-28(24-12-14-26(15-13-24)31-25-10-6-3-7-11-25)19-16-27(30)17-20-29(21-18-27)22-23-8-4-2-5-9-23/h2-15,30H,16-22H2,1H3. The molecule has 4 heteroatoms. The molecule has 1 fully saturated rings. The fraction of sp³-hybridized carbons (Fsp3) is 0.333. The molecule has 0 saturated carbocycles. The van der Waals surface area contributed by atoms with Crippen molar-refractivity contribution in [2.24, 2.45) is 0 Å². The molecule has 0 atom stereocenters. The van der Waals surface area contributed by atoms with E-state index in [0.717, 1.165) is 62.6 Å². The molecule has 0 aromatic heterocycles. The van der Waals surface area contributed by atoms with Crippen molar-refractivity contribution >= 4 is 5.69 Å². The van der Waals surface area contributed by atoms with Crippen LogP contribution in [0.2, 0.25) is 0 Å². The lowest BCUT2D eigenvalue weighted by Gasteiger charge is -2.39. The van der Waals surface area contributed by atoms with Gasteiger partial charge in [0, 0.05) is 38.9 Å². The molecule has 3 aromatic rings. The molecule has 4 nitrogen and oxygen atoms in total. The molecule has 0 unspecified atom stereocenters. The van der Waals surface area contributed by atoms with Crippen LogP contribution in [0.5, 0.6) is 11.5 Å². The van der Waals surface area contributed by atoms with Crippen LogP contribution >= 0.6 is 0 Å². The Bertz CT molecular complexity index is 920. The van der Waals surface area contributed by atoms with Gasteiger partial charge in [0.25, 0.3) is 0 Å². The zero-order valence-electron chi connectivity index (χ0n) is 18.3. The van der Waals surface area contributed by atoms with Crippen molar-refractivity contribution < 1.29 is 9.84 Å². The molecular weight excluding hydrogens is 384 g/mol. The number of nitrogens with zero attached hydrogens (tertiary/aromatic N) is 2. The van der Waals surface area contributed by atoms with E-state index in [0.29, 0.717) is 0 Å². The first-order valence-corrected chi connectivity index (χ1v) is 11.1. The average Bonchev–Trinajstić information content (AvgIpc) is 2.81. The maximum Gasteiger partial charge on any atom is 0.127 e. The third-order valence-electron chi connectivity index (χ3n) is 6.20. The molecule has 0 aliphatic carbocycles. The third kappa shape index (κ3) is 6.09. The summed E-state index contributed by atoms with van der Waals surface area (Å²) in [5, 5.41) is 11.1. The topological polar surface area (TPSA) is 35.9 Å². The predicted molar refractivity (Wildman–Crippen MR) is 127 cm³/mol. The summed E-state index contributed by atoms with van der Waals surface area (Å²) in [4.78, 5) is 4.65. The Labute approximate surface area is 185 Å². The largest absolute Gasteiger partial charge is 0.457 e. The van der Waals surface area contributed by atoms with E-state index in [1.807, 2.05) is 42.5 Å². The van der Waals surface area contributed by atoms with Crippen LogP contribution < -0.4 is 9.64 Å². The van der Waals surface area contributed by atoms with Gasteiger partial charge in [0.15, 0.2) is 0 Å². The molecule has 31 heavy (non-hydrogen) atoms. The van der Waals surface area contributed by atoms with E-state index in [2.05, 4.69) is 59.3 Å². The van der Waals surface area contributed by atoms with Crippen molar-refractivity contribution in [2.45, 2.75) is 31.4 Å². The highest BCUT2D eigenvalue weighted by Crippen LogP contribution is 2.28. The SMILES string of the molecule is CN(CCC1(O)CCN(Cc2ccccc2)CC1)c1ccc(Oc2ccccc2)cc1. The molecule has 0 radical (unpaired) electrons. The first kappa shape index (κ1) is 21.4. The number of likely N-dealkylation sites (tertiary alicyclic amines) is 1. The van der Waals surface area contributed by atoms with Gasteiger partial charge in [-0.05, 0) is 61.2 Å². The minimum Gasteiger partial charge on any atom is -0.457 e. The maximum absolute atomic E-state index is 11.1. The Hall–Kier alpha value is -2.82. The molecule has 1 saturated heterocycles. The van der Waals surface area contributed by atoms with Crippen molar-refractivity contribution in [1.29, 1.82) is 0 Å². The average molecular weight is 417 g/mol. The van der Waals surface area contributed by atoms with Crippen molar-refractivity contribution in [3.63, 3.8) is 0 Å². The van der Waals surface area contributed by atoms with Gasteiger partial charge < -0.3 is 14.7 Å². The van der Waals surface area contributed by atoms with Crippen LogP contribution in [0.15, 0.2) is 84.9 Å². The van der Waals surface area contributed by atoms with Gasteiger partial charge in [0.2, 0.25) is 0 Å². The van der Waals surface area contributed by atoms with E-state index in [-0.39, 0.29) is 0 Å². The summed E-state index contributed by atoms with van der Waals surface area (Å²) < 4.78 is 5.87. The minimum atomic E-state index is -0.572. The van der Waals surface area contributed by atoms with Crippen LogP contribution in [0.25, 0.3) is 0 Å². The second-order valence-electron chi connectivity index (χ2n) is 8.57. The van der Waals surface area contributed by atoms with E-state index in [1.165, 1.54) is 5.56 Å². The van der Waals surface area contributed by atoms with Gasteiger partial charge in [-0.1, -0.05) is 48.5 Å². The quantitative estimate of drug-likeness (QED) is 0.538. The van der Waals surface area contributed by atoms with Crippen LogP contribution in [0, 0.1) is 0 Å². The number of hydrogen-bond acceptors (Lipinski definition) is 4. The van der Waals surface area contributed by atoms with Crippen molar-refractivity contribution in [3.8, 4) is 11.5 Å². The lowest BCUT2D eigenvalue weighted by molar-refractivity contribution is -0.0275. The van der Waals surface area contributed by atoms with E-state index in [4.69, 9.17) is 4.74 Å². The molecule has 1 aliphatic heterocycles. The van der Waals surface area contributed by atoms with Crippen LogP contribution in [-0.2, 0) is 6.54 Å². The molecule has 3 aromatic carbocycles. The number of hydrogen-bond donors (Lipinski definition) is 1. The Morgan fingerprint density at radius 3 is 2.06 bits per heavy atom. The first-order chi connectivity index (χ1) is 15.1. The van der Waals surface area contributed by atoms with Crippen molar-refractivity contribution in [3.05, 3.63) is 90.5 Å². The van der Waals surface area contributed by atoms with Gasteiger partial charge in [-0.15, -0.1) is 0 Å². The lowest BCUT2D eigenvalue weighted by Crippen LogP contribution is -2.45. The summed E-state index contributed by atoms with van der Waals surface area (Å²) in [5.74, 6) is 1.66. The Kier molecular flexibility index (Phi) is 6.90. The third-order valence-corrected chi connectivity index (χ3v) is 6.20. The second-order valence-corrected chi connectivity index (χ2v) is 8.57. The fourth-order valence-electron chi connectivity index (χ4n) is 4.12. The molecule has 162 valence electrons. The fourth-order valence-corrected chi connectivity index (χ4v) is 4.12. The number of piperidine rings is 1. The summed E-state index contributed by atoms with van der Waals surface area (Å²) in [6.45, 7) is 3.68. The molecule has 1 aliphatic rings. The van der Waals surface area contributed by atoms with Crippen LogP contribution in [0.3, 0.4) is 0 Å². The predicted octanol–water partition coefficient (Wildman–Crippen LogP) is 5.33. The van der Waals surface area contributed by atoms with E-state index in [9.17, 15) is 5.11 Å². The zero-order chi connectivity index (χ0) is 21.5. The smallest absolute Gasteiger partial charge is 0.127 e. The van der Waals surface area contributed by atoms with E-state index >= 15 is 0 Å². The van der Waals surface area contributed by atoms with Crippen molar-refractivity contribution in [1.82, 2.24) is 4.90 Å². The van der Waals surface area contributed by atoms with Gasteiger partial charge in [0.1, 0.15) is 11.5 Å². The number of aliphatic hydroxyl groups is 1. The molecule has 1 heterocycles. The van der Waals surface area contributed by atoms with Gasteiger partial charge in [-0.25, -0.2) is 0 Å². The molecule has 0 amide bonds. The highest BCUT2D eigenvalue weighted by molar-refractivity contribution is 5.49. The number of anilines is 1. The minimum absolute atomic E-state index is 0.572. The Balaban J connectivity index is 1.24. The normalized spacial score (nSPS) is 16.1. The van der Waals surface area contributed by atoms with E-state index in [1.54, 1.807) is 0 Å². The van der Waals surface area contributed by atoms with Crippen LogP contribution in [-0.4, -0.2) is 42.3 Å². The van der Waals surface area contributed by atoms with Crippen LogP contribution in [0.1, 0.15) is 24.8 Å². The Morgan fingerprint density at radius 2 is 1.42 bits per heavy atom. The number of benzene rings is 3. The molecule has 1 N–H and O–H groups in total. The highest BCUT2D eigenvalue weighted by Gasteiger charge is 2.32.